The van der Waals surface area contributed by atoms with Gasteiger partial charge in [0.1, 0.15) is 6.10 Å². The smallest absolute Gasteiger partial charge is 0.123 e. The van der Waals surface area contributed by atoms with E-state index in [9.17, 15) is 5.11 Å². The Morgan fingerprint density at radius 2 is 2.00 bits per heavy atom. The molecular weight excluding hydrogens is 238 g/mol. The van der Waals surface area contributed by atoms with E-state index in [1.807, 2.05) is 37.3 Å². The molecule has 2 aromatic heterocycles. The minimum Gasteiger partial charge on any atom is -0.382 e. The molecule has 0 saturated heterocycles. The predicted octanol–water partition coefficient (Wildman–Crippen LogP) is 2.41. The van der Waals surface area contributed by atoms with Crippen molar-refractivity contribution in [3.63, 3.8) is 0 Å². The number of aromatic nitrogens is 3. The Labute approximate surface area is 110 Å². The van der Waals surface area contributed by atoms with E-state index < -0.39 is 6.10 Å². The minimum atomic E-state index is -0.791. The van der Waals surface area contributed by atoms with E-state index in [4.69, 9.17) is 0 Å². The Morgan fingerprint density at radius 3 is 2.79 bits per heavy atom. The van der Waals surface area contributed by atoms with Crippen LogP contribution in [0.2, 0.25) is 0 Å². The van der Waals surface area contributed by atoms with Crippen LogP contribution in [0.3, 0.4) is 0 Å². The lowest BCUT2D eigenvalue weighted by atomic mass is 10.0. The van der Waals surface area contributed by atoms with Crippen LogP contribution < -0.4 is 0 Å². The molecule has 19 heavy (non-hydrogen) atoms. The van der Waals surface area contributed by atoms with Gasteiger partial charge in [0.05, 0.1) is 17.4 Å². The average Bonchev–Trinajstić information content (AvgIpc) is 2.46. The SMILES string of the molecule is Cc1cc(C(O)c2cnccn2)c2ccccc2n1. The van der Waals surface area contributed by atoms with Crippen molar-refractivity contribution in [3.8, 4) is 0 Å². The molecule has 0 fully saturated rings. The molecule has 0 bridgehead atoms. The molecule has 0 amide bonds. The monoisotopic (exact) mass is 251 g/mol. The van der Waals surface area contributed by atoms with Gasteiger partial charge in [0, 0.05) is 23.5 Å². The molecular formula is C15H13N3O. The van der Waals surface area contributed by atoms with E-state index in [0.717, 1.165) is 22.2 Å². The highest BCUT2D eigenvalue weighted by atomic mass is 16.3. The van der Waals surface area contributed by atoms with Crippen LogP contribution >= 0.6 is 0 Å². The van der Waals surface area contributed by atoms with E-state index in [0.29, 0.717) is 5.69 Å². The summed E-state index contributed by atoms with van der Waals surface area (Å²) in [6.07, 6.45) is 3.95. The van der Waals surface area contributed by atoms with Crippen molar-refractivity contribution in [1.82, 2.24) is 15.0 Å². The Kier molecular flexibility index (Phi) is 2.93. The van der Waals surface area contributed by atoms with E-state index in [1.54, 1.807) is 18.6 Å². The van der Waals surface area contributed by atoms with Crippen molar-refractivity contribution >= 4 is 10.9 Å². The second kappa shape index (κ2) is 4.74. The topological polar surface area (TPSA) is 58.9 Å². The first-order chi connectivity index (χ1) is 9.25. The summed E-state index contributed by atoms with van der Waals surface area (Å²) in [4.78, 5) is 12.6. The first-order valence-electron chi connectivity index (χ1n) is 6.06. The van der Waals surface area contributed by atoms with Crippen LogP contribution in [0.15, 0.2) is 48.9 Å². The number of pyridine rings is 1. The number of hydrogen-bond acceptors (Lipinski definition) is 4. The highest BCUT2D eigenvalue weighted by Gasteiger charge is 2.16. The van der Waals surface area contributed by atoms with Gasteiger partial charge in [0.2, 0.25) is 0 Å². The molecule has 1 atom stereocenters. The summed E-state index contributed by atoms with van der Waals surface area (Å²) < 4.78 is 0. The highest BCUT2D eigenvalue weighted by molar-refractivity contribution is 5.83. The zero-order valence-corrected chi connectivity index (χ0v) is 10.5. The van der Waals surface area contributed by atoms with Crippen LogP contribution in [-0.4, -0.2) is 20.1 Å². The lowest BCUT2D eigenvalue weighted by Crippen LogP contribution is -2.04. The van der Waals surface area contributed by atoms with E-state index in [-0.39, 0.29) is 0 Å². The van der Waals surface area contributed by atoms with Gasteiger partial charge in [-0.25, -0.2) is 0 Å². The molecule has 3 rings (SSSR count). The second-order valence-corrected chi connectivity index (χ2v) is 4.40. The molecule has 0 aliphatic rings. The van der Waals surface area contributed by atoms with Crippen LogP contribution in [0.1, 0.15) is 23.1 Å². The molecule has 1 unspecified atom stereocenters. The van der Waals surface area contributed by atoms with E-state index in [2.05, 4.69) is 15.0 Å². The van der Waals surface area contributed by atoms with Gasteiger partial charge in [-0.1, -0.05) is 18.2 Å². The van der Waals surface area contributed by atoms with Crippen LogP contribution in [0, 0.1) is 6.92 Å². The van der Waals surface area contributed by atoms with Gasteiger partial charge in [-0.05, 0) is 24.6 Å². The first-order valence-corrected chi connectivity index (χ1v) is 6.06. The maximum atomic E-state index is 10.5. The fourth-order valence-electron chi connectivity index (χ4n) is 2.18. The Hall–Kier alpha value is -2.33. The van der Waals surface area contributed by atoms with Crippen molar-refractivity contribution in [2.45, 2.75) is 13.0 Å². The quantitative estimate of drug-likeness (QED) is 0.760. The maximum absolute atomic E-state index is 10.5. The lowest BCUT2D eigenvalue weighted by Gasteiger charge is -2.13. The summed E-state index contributed by atoms with van der Waals surface area (Å²) >= 11 is 0. The fourth-order valence-corrected chi connectivity index (χ4v) is 2.18. The molecule has 0 saturated carbocycles. The number of aryl methyl sites for hydroxylation is 1. The summed E-state index contributed by atoms with van der Waals surface area (Å²) in [7, 11) is 0. The predicted molar refractivity (Wildman–Crippen MR) is 72.6 cm³/mol. The number of aliphatic hydroxyl groups is 1. The van der Waals surface area contributed by atoms with Crippen LogP contribution in [0.4, 0.5) is 0 Å². The van der Waals surface area contributed by atoms with Gasteiger partial charge < -0.3 is 5.11 Å². The van der Waals surface area contributed by atoms with Crippen molar-refractivity contribution in [3.05, 3.63) is 65.9 Å². The van der Waals surface area contributed by atoms with Gasteiger partial charge in [-0.15, -0.1) is 0 Å². The molecule has 0 radical (unpaired) electrons. The fraction of sp³-hybridized carbons (Fsp3) is 0.133. The van der Waals surface area contributed by atoms with Gasteiger partial charge in [0.15, 0.2) is 0 Å². The van der Waals surface area contributed by atoms with Crippen molar-refractivity contribution in [2.24, 2.45) is 0 Å². The van der Waals surface area contributed by atoms with Gasteiger partial charge >= 0.3 is 0 Å². The van der Waals surface area contributed by atoms with Gasteiger partial charge in [-0.2, -0.15) is 0 Å². The van der Waals surface area contributed by atoms with Crippen LogP contribution in [0.5, 0.6) is 0 Å². The summed E-state index contributed by atoms with van der Waals surface area (Å²) in [5.74, 6) is 0. The van der Waals surface area contributed by atoms with Gasteiger partial charge in [0.25, 0.3) is 0 Å². The summed E-state index contributed by atoms with van der Waals surface area (Å²) in [5, 5.41) is 11.4. The van der Waals surface area contributed by atoms with E-state index in [1.165, 1.54) is 0 Å². The number of hydrogen-bond donors (Lipinski definition) is 1. The molecule has 0 aliphatic carbocycles. The standard InChI is InChI=1S/C15H13N3O/c1-10-8-12(11-4-2-3-5-13(11)18-10)15(19)14-9-16-6-7-17-14/h2-9,15,19H,1H3. The molecule has 1 aromatic carbocycles. The largest absolute Gasteiger partial charge is 0.382 e. The minimum absolute atomic E-state index is 0.540. The maximum Gasteiger partial charge on any atom is 0.123 e. The average molecular weight is 251 g/mol. The summed E-state index contributed by atoms with van der Waals surface area (Å²) in [6.45, 7) is 1.92. The number of aliphatic hydroxyl groups excluding tert-OH is 1. The summed E-state index contributed by atoms with van der Waals surface area (Å²) in [5.41, 5.74) is 3.10. The van der Waals surface area contributed by atoms with E-state index >= 15 is 0 Å². The van der Waals surface area contributed by atoms with Crippen molar-refractivity contribution in [1.29, 1.82) is 0 Å². The molecule has 1 N–H and O–H groups in total. The molecule has 2 heterocycles. The molecule has 0 spiro atoms. The third-order valence-electron chi connectivity index (χ3n) is 3.03. The molecule has 3 aromatic rings. The molecule has 94 valence electrons. The first kappa shape index (κ1) is 11.7. The third kappa shape index (κ3) is 2.18. The number of rotatable bonds is 2. The Morgan fingerprint density at radius 1 is 1.16 bits per heavy atom. The lowest BCUT2D eigenvalue weighted by molar-refractivity contribution is 0.216. The number of fused-ring (bicyclic) bond motifs is 1. The molecule has 4 heteroatoms. The number of para-hydroxylation sites is 1. The van der Waals surface area contributed by atoms with Crippen molar-refractivity contribution < 1.29 is 5.11 Å². The van der Waals surface area contributed by atoms with Crippen LogP contribution in [0.25, 0.3) is 10.9 Å². The van der Waals surface area contributed by atoms with Gasteiger partial charge in [-0.3, -0.25) is 15.0 Å². The number of benzene rings is 1. The highest BCUT2D eigenvalue weighted by Crippen LogP contribution is 2.27. The van der Waals surface area contributed by atoms with Crippen molar-refractivity contribution in [2.75, 3.05) is 0 Å². The van der Waals surface area contributed by atoms with Crippen LogP contribution in [-0.2, 0) is 0 Å². The second-order valence-electron chi connectivity index (χ2n) is 4.40. The number of nitrogens with zero attached hydrogens (tertiary/aromatic N) is 3. The third-order valence-corrected chi connectivity index (χ3v) is 3.03. The molecule has 0 aliphatic heterocycles. The summed E-state index contributed by atoms with van der Waals surface area (Å²) in [6, 6.07) is 9.66. The normalized spacial score (nSPS) is 12.5. The zero-order valence-electron chi connectivity index (χ0n) is 10.5. The molecule has 4 nitrogen and oxygen atoms in total. The Bertz CT molecular complexity index is 713. The zero-order chi connectivity index (χ0) is 13.2. The Balaban J connectivity index is 2.19.